The van der Waals surface area contributed by atoms with Gasteiger partial charge in [-0.3, -0.25) is 9.88 Å². The van der Waals surface area contributed by atoms with Gasteiger partial charge in [0.2, 0.25) is 0 Å². The maximum atomic E-state index is 5.77. The summed E-state index contributed by atoms with van der Waals surface area (Å²) in [5.41, 5.74) is 5.00. The van der Waals surface area contributed by atoms with E-state index in [1.54, 1.807) is 0 Å². The molecule has 1 fully saturated rings. The van der Waals surface area contributed by atoms with Crippen LogP contribution in [0.1, 0.15) is 48.3 Å². The summed E-state index contributed by atoms with van der Waals surface area (Å²) in [5.74, 6) is 2.47. The molecule has 4 rings (SSSR count). The van der Waals surface area contributed by atoms with Crippen LogP contribution in [0, 0.1) is 19.8 Å². The Bertz CT molecular complexity index is 785. The third-order valence-electron chi connectivity index (χ3n) is 5.81. The van der Waals surface area contributed by atoms with Crippen LogP contribution in [0.15, 0.2) is 30.3 Å². The van der Waals surface area contributed by atoms with Crippen LogP contribution < -0.4 is 9.47 Å². The summed E-state index contributed by atoms with van der Waals surface area (Å²) >= 11 is 0. The Labute approximate surface area is 162 Å². The number of aromatic nitrogens is 1. The smallest absolute Gasteiger partial charge is 0.161 e. The van der Waals surface area contributed by atoms with Gasteiger partial charge in [-0.25, -0.2) is 0 Å². The lowest BCUT2D eigenvalue weighted by atomic mass is 9.89. The zero-order valence-electron chi connectivity index (χ0n) is 16.7. The lowest BCUT2D eigenvalue weighted by Crippen LogP contribution is -2.38. The van der Waals surface area contributed by atoms with Crippen LogP contribution in [0.2, 0.25) is 0 Å². The number of nitrogens with zero attached hydrogens (tertiary/aromatic N) is 2. The molecule has 2 unspecified atom stereocenters. The van der Waals surface area contributed by atoms with Crippen LogP contribution in [-0.2, 0) is 6.42 Å². The van der Waals surface area contributed by atoms with Gasteiger partial charge >= 0.3 is 0 Å². The predicted octanol–water partition coefficient (Wildman–Crippen LogP) is 4.49. The summed E-state index contributed by atoms with van der Waals surface area (Å²) in [4.78, 5) is 7.14. The molecule has 0 aliphatic carbocycles. The number of likely N-dealkylation sites (tertiary alicyclic amines) is 1. The maximum absolute atomic E-state index is 5.77. The summed E-state index contributed by atoms with van der Waals surface area (Å²) in [6, 6.07) is 11.3. The summed E-state index contributed by atoms with van der Waals surface area (Å²) in [5, 5.41) is 0. The van der Waals surface area contributed by atoms with Crippen LogP contribution in [0.3, 0.4) is 0 Å². The van der Waals surface area contributed by atoms with Crippen molar-refractivity contribution in [3.63, 3.8) is 0 Å². The molecule has 0 spiro atoms. The number of aryl methyl sites for hydroxylation is 2. The van der Waals surface area contributed by atoms with Crippen molar-refractivity contribution >= 4 is 0 Å². The predicted molar refractivity (Wildman–Crippen MR) is 108 cm³/mol. The van der Waals surface area contributed by atoms with E-state index in [9.17, 15) is 0 Å². The summed E-state index contributed by atoms with van der Waals surface area (Å²) < 4.78 is 11.4. The van der Waals surface area contributed by atoms with Crippen LogP contribution in [0.4, 0.5) is 0 Å². The van der Waals surface area contributed by atoms with Crippen LogP contribution >= 0.6 is 0 Å². The number of pyridine rings is 1. The van der Waals surface area contributed by atoms with E-state index in [1.807, 2.05) is 0 Å². The fourth-order valence-electron chi connectivity index (χ4n) is 4.52. The second-order valence-corrected chi connectivity index (χ2v) is 8.04. The van der Waals surface area contributed by atoms with Gasteiger partial charge in [-0.15, -0.1) is 0 Å². The third kappa shape index (κ3) is 4.27. The van der Waals surface area contributed by atoms with Crippen molar-refractivity contribution in [3.8, 4) is 11.5 Å². The average Bonchev–Trinajstić information content (AvgIpc) is 2.66. The van der Waals surface area contributed by atoms with E-state index in [0.717, 1.165) is 35.9 Å². The van der Waals surface area contributed by atoms with Gasteiger partial charge in [0.15, 0.2) is 11.5 Å². The number of rotatable bonds is 4. The molecule has 0 bridgehead atoms. The van der Waals surface area contributed by atoms with E-state index in [-0.39, 0.29) is 0 Å². The molecular weight excluding hydrogens is 336 g/mol. The molecule has 2 atom stereocenters. The highest BCUT2D eigenvalue weighted by molar-refractivity contribution is 5.44. The maximum Gasteiger partial charge on any atom is 0.161 e. The zero-order valence-corrected chi connectivity index (χ0v) is 16.7. The Hall–Kier alpha value is -2.07. The van der Waals surface area contributed by atoms with Crippen LogP contribution in [-0.4, -0.2) is 36.2 Å². The first kappa shape index (κ1) is 18.3. The average molecular weight is 367 g/mol. The van der Waals surface area contributed by atoms with Gasteiger partial charge in [-0.1, -0.05) is 6.07 Å². The molecule has 0 radical (unpaired) electrons. The first-order valence-corrected chi connectivity index (χ1v) is 10.2. The summed E-state index contributed by atoms with van der Waals surface area (Å²) in [6.45, 7) is 10.1. The van der Waals surface area contributed by atoms with Crippen molar-refractivity contribution in [2.45, 2.75) is 46.1 Å². The van der Waals surface area contributed by atoms with E-state index in [4.69, 9.17) is 9.47 Å². The molecule has 2 aromatic rings. The molecule has 1 aromatic heterocycles. The number of fused-ring (bicyclic) bond motifs is 1. The molecule has 0 saturated carbocycles. The lowest BCUT2D eigenvalue weighted by Gasteiger charge is -2.37. The summed E-state index contributed by atoms with van der Waals surface area (Å²) in [6.07, 6.45) is 3.72. The van der Waals surface area contributed by atoms with Gasteiger partial charge in [0.25, 0.3) is 0 Å². The van der Waals surface area contributed by atoms with E-state index in [2.05, 4.69) is 61.0 Å². The largest absolute Gasteiger partial charge is 0.486 e. The van der Waals surface area contributed by atoms with Gasteiger partial charge in [0, 0.05) is 24.0 Å². The minimum absolute atomic E-state index is 0.393. The highest BCUT2D eigenvalue weighted by Crippen LogP contribution is 2.35. The van der Waals surface area contributed by atoms with Gasteiger partial charge in [0.1, 0.15) is 13.2 Å². The molecule has 0 amide bonds. The fourth-order valence-corrected chi connectivity index (χ4v) is 4.52. The van der Waals surface area contributed by atoms with E-state index >= 15 is 0 Å². The highest BCUT2D eigenvalue weighted by atomic mass is 16.6. The van der Waals surface area contributed by atoms with Gasteiger partial charge in [-0.05, 0) is 87.9 Å². The second kappa shape index (κ2) is 7.89. The Morgan fingerprint density at radius 3 is 2.59 bits per heavy atom. The molecule has 2 aliphatic heterocycles. The minimum atomic E-state index is 0.393. The van der Waals surface area contributed by atoms with E-state index in [1.165, 1.54) is 30.5 Å². The first-order valence-electron chi connectivity index (χ1n) is 10.2. The van der Waals surface area contributed by atoms with E-state index in [0.29, 0.717) is 25.2 Å². The van der Waals surface area contributed by atoms with E-state index < -0.39 is 0 Å². The summed E-state index contributed by atoms with van der Waals surface area (Å²) in [7, 11) is 0. The zero-order chi connectivity index (χ0) is 18.8. The molecule has 4 nitrogen and oxygen atoms in total. The molecule has 144 valence electrons. The van der Waals surface area contributed by atoms with Crippen molar-refractivity contribution in [3.05, 3.63) is 52.8 Å². The van der Waals surface area contributed by atoms with Crippen molar-refractivity contribution in [2.24, 2.45) is 5.92 Å². The lowest BCUT2D eigenvalue weighted by molar-refractivity contribution is 0.130. The number of ether oxygens (including phenoxy) is 2. The van der Waals surface area contributed by atoms with Crippen LogP contribution in [0.5, 0.6) is 11.5 Å². The number of benzene rings is 1. The molecule has 2 aliphatic rings. The fraction of sp³-hybridized carbons (Fsp3) is 0.522. The van der Waals surface area contributed by atoms with Crippen molar-refractivity contribution in [1.82, 2.24) is 9.88 Å². The highest BCUT2D eigenvalue weighted by Gasteiger charge is 2.25. The number of hydrogen-bond acceptors (Lipinski definition) is 4. The van der Waals surface area contributed by atoms with Crippen molar-refractivity contribution in [1.29, 1.82) is 0 Å². The molecule has 27 heavy (non-hydrogen) atoms. The van der Waals surface area contributed by atoms with Crippen LogP contribution in [0.25, 0.3) is 0 Å². The molecular formula is C23H30N2O2. The van der Waals surface area contributed by atoms with Gasteiger partial charge in [0.05, 0.1) is 0 Å². The molecule has 4 heteroatoms. The molecule has 3 heterocycles. The normalized spacial score (nSPS) is 21.1. The van der Waals surface area contributed by atoms with Crippen molar-refractivity contribution < 1.29 is 9.47 Å². The Morgan fingerprint density at radius 2 is 1.81 bits per heavy atom. The number of hydrogen-bond donors (Lipinski definition) is 0. The van der Waals surface area contributed by atoms with Gasteiger partial charge < -0.3 is 9.47 Å². The number of piperidine rings is 1. The SMILES string of the molecule is Cc1cc(CC2CCCN(C(C)c3ccc4c(c3)OCCO4)C2)cc(C)n1. The Kier molecular flexibility index (Phi) is 5.35. The Morgan fingerprint density at radius 1 is 1.07 bits per heavy atom. The standard InChI is InChI=1S/C23H30N2O2/c1-16-11-20(12-17(2)24-16)13-19-5-4-8-25(15-19)18(3)21-6-7-22-23(14-21)27-10-9-26-22/h6-7,11-12,14,18-19H,4-5,8-10,13,15H2,1-3H3. The Balaban J connectivity index is 1.44. The second-order valence-electron chi connectivity index (χ2n) is 8.04. The molecule has 0 N–H and O–H groups in total. The van der Waals surface area contributed by atoms with Crippen molar-refractivity contribution in [2.75, 3.05) is 26.3 Å². The monoisotopic (exact) mass is 366 g/mol. The van der Waals surface area contributed by atoms with Gasteiger partial charge in [-0.2, -0.15) is 0 Å². The molecule has 1 aromatic carbocycles. The first-order chi connectivity index (χ1) is 13.1. The molecule has 1 saturated heterocycles. The quantitative estimate of drug-likeness (QED) is 0.799. The topological polar surface area (TPSA) is 34.6 Å². The minimum Gasteiger partial charge on any atom is -0.486 e. The third-order valence-corrected chi connectivity index (χ3v) is 5.81.